The van der Waals surface area contributed by atoms with Crippen LogP contribution in [0.4, 0.5) is 6.01 Å². The topological polar surface area (TPSA) is 52.7 Å². The van der Waals surface area contributed by atoms with Crippen molar-refractivity contribution in [1.82, 2.24) is 9.88 Å². The third-order valence-corrected chi connectivity index (χ3v) is 4.42. The van der Waals surface area contributed by atoms with Crippen molar-refractivity contribution < 1.29 is 9.52 Å². The lowest BCUT2D eigenvalue weighted by atomic mass is 10.2. The van der Waals surface area contributed by atoms with E-state index in [9.17, 15) is 5.11 Å². The van der Waals surface area contributed by atoms with Gasteiger partial charge in [-0.1, -0.05) is 12.1 Å². The van der Waals surface area contributed by atoms with Crippen molar-refractivity contribution >= 4 is 17.1 Å². The maximum absolute atomic E-state index is 10.3. The summed E-state index contributed by atoms with van der Waals surface area (Å²) < 4.78 is 5.80. The van der Waals surface area contributed by atoms with Crippen molar-refractivity contribution in [2.45, 2.75) is 25.0 Å². The van der Waals surface area contributed by atoms with Gasteiger partial charge in [0.1, 0.15) is 5.52 Å². The molecule has 0 amide bonds. The lowest BCUT2D eigenvalue weighted by Gasteiger charge is -2.25. The van der Waals surface area contributed by atoms with Crippen LogP contribution in [0.15, 0.2) is 28.7 Å². The molecule has 5 nitrogen and oxygen atoms in total. The van der Waals surface area contributed by atoms with Crippen LogP contribution in [0.2, 0.25) is 0 Å². The van der Waals surface area contributed by atoms with Gasteiger partial charge < -0.3 is 14.4 Å². The number of fused-ring (bicyclic) bond motifs is 1. The molecule has 5 heteroatoms. The molecule has 0 spiro atoms. The van der Waals surface area contributed by atoms with E-state index in [4.69, 9.17) is 4.42 Å². The Bertz CT molecular complexity index is 573. The molecule has 0 saturated carbocycles. The van der Waals surface area contributed by atoms with Crippen molar-refractivity contribution in [2.24, 2.45) is 0 Å². The van der Waals surface area contributed by atoms with Gasteiger partial charge in [-0.2, -0.15) is 4.98 Å². The molecule has 0 aliphatic carbocycles. The highest BCUT2D eigenvalue weighted by molar-refractivity contribution is 5.74. The Balaban J connectivity index is 1.57. The zero-order valence-corrected chi connectivity index (χ0v) is 11.4. The van der Waals surface area contributed by atoms with Gasteiger partial charge in [-0.05, 0) is 38.1 Å². The van der Waals surface area contributed by atoms with Crippen molar-refractivity contribution in [1.29, 1.82) is 0 Å². The van der Waals surface area contributed by atoms with E-state index in [1.807, 2.05) is 24.3 Å². The molecule has 106 valence electrons. The minimum atomic E-state index is -0.317. The van der Waals surface area contributed by atoms with Gasteiger partial charge in [-0.3, -0.25) is 4.90 Å². The lowest BCUT2D eigenvalue weighted by Crippen LogP contribution is -2.41. The van der Waals surface area contributed by atoms with Crippen molar-refractivity contribution in [2.75, 3.05) is 31.1 Å². The average molecular weight is 273 g/mol. The van der Waals surface area contributed by atoms with Crippen LogP contribution in [0.3, 0.4) is 0 Å². The fraction of sp³-hybridized carbons (Fsp3) is 0.533. The molecule has 20 heavy (non-hydrogen) atoms. The highest BCUT2D eigenvalue weighted by atomic mass is 16.4. The maximum Gasteiger partial charge on any atom is 0.298 e. The molecule has 1 aromatic heterocycles. The van der Waals surface area contributed by atoms with Crippen molar-refractivity contribution in [3.63, 3.8) is 0 Å². The highest BCUT2D eigenvalue weighted by Gasteiger charge is 2.38. The molecular formula is C15H19N3O2. The standard InChI is InChI=1S/C15H19N3O2/c19-13-10-18(9-12(13)17-7-3-4-8-17)15-16-11-5-1-2-6-14(11)20-15/h1-2,5-6,12-13,19H,3-4,7-10H2/t12-,13-/m0/s1. The molecule has 2 fully saturated rings. The predicted octanol–water partition coefficient (Wildman–Crippen LogP) is 1.47. The zero-order valence-electron chi connectivity index (χ0n) is 11.4. The van der Waals surface area contributed by atoms with Crippen LogP contribution < -0.4 is 4.90 Å². The molecule has 3 heterocycles. The summed E-state index contributed by atoms with van der Waals surface area (Å²) in [7, 11) is 0. The Labute approximate surface area is 117 Å². The molecule has 0 bridgehead atoms. The van der Waals surface area contributed by atoms with Crippen LogP contribution in [0.1, 0.15) is 12.8 Å². The van der Waals surface area contributed by atoms with E-state index in [0.717, 1.165) is 30.7 Å². The number of benzene rings is 1. The van der Waals surface area contributed by atoms with E-state index in [1.165, 1.54) is 12.8 Å². The summed E-state index contributed by atoms with van der Waals surface area (Å²) in [6, 6.07) is 8.63. The van der Waals surface area contributed by atoms with E-state index in [2.05, 4.69) is 14.8 Å². The average Bonchev–Trinajstić information content (AvgIpc) is 3.16. The van der Waals surface area contributed by atoms with Crippen molar-refractivity contribution in [3.8, 4) is 0 Å². The zero-order chi connectivity index (χ0) is 13.5. The van der Waals surface area contributed by atoms with E-state index in [0.29, 0.717) is 12.6 Å². The minimum absolute atomic E-state index is 0.215. The summed E-state index contributed by atoms with van der Waals surface area (Å²) in [6.07, 6.45) is 2.17. The normalized spacial score (nSPS) is 27.8. The minimum Gasteiger partial charge on any atom is -0.423 e. The van der Waals surface area contributed by atoms with E-state index < -0.39 is 0 Å². The first-order chi connectivity index (χ1) is 9.81. The number of hydrogen-bond donors (Lipinski definition) is 1. The number of aliphatic hydroxyl groups is 1. The number of oxazole rings is 1. The van der Waals surface area contributed by atoms with Gasteiger partial charge in [0.2, 0.25) is 0 Å². The number of aromatic nitrogens is 1. The first-order valence-electron chi connectivity index (χ1n) is 7.34. The quantitative estimate of drug-likeness (QED) is 0.898. The van der Waals surface area contributed by atoms with Crippen LogP contribution >= 0.6 is 0 Å². The first-order valence-corrected chi connectivity index (χ1v) is 7.34. The summed E-state index contributed by atoms with van der Waals surface area (Å²) in [5.74, 6) is 0. The number of hydrogen-bond acceptors (Lipinski definition) is 5. The second-order valence-corrected chi connectivity index (χ2v) is 5.75. The van der Waals surface area contributed by atoms with Crippen LogP contribution in [-0.2, 0) is 0 Å². The van der Waals surface area contributed by atoms with Crippen molar-refractivity contribution in [3.05, 3.63) is 24.3 Å². The number of aliphatic hydroxyl groups excluding tert-OH is 1. The largest absolute Gasteiger partial charge is 0.423 e. The van der Waals surface area contributed by atoms with Crippen LogP contribution in [-0.4, -0.2) is 53.3 Å². The number of para-hydroxylation sites is 2. The predicted molar refractivity (Wildman–Crippen MR) is 76.8 cm³/mol. The number of rotatable bonds is 2. The SMILES string of the molecule is O[C@H]1CN(c2nc3ccccc3o2)C[C@@H]1N1CCCC1. The van der Waals surface area contributed by atoms with Gasteiger partial charge in [0.15, 0.2) is 5.58 Å². The van der Waals surface area contributed by atoms with Gasteiger partial charge in [0.05, 0.1) is 12.1 Å². The maximum atomic E-state index is 10.3. The fourth-order valence-corrected chi connectivity index (χ4v) is 3.35. The van der Waals surface area contributed by atoms with Crippen LogP contribution in [0.25, 0.3) is 11.1 Å². The Morgan fingerprint density at radius 1 is 1.15 bits per heavy atom. The molecule has 1 N–H and O–H groups in total. The smallest absolute Gasteiger partial charge is 0.298 e. The molecule has 2 aliphatic rings. The number of nitrogens with zero attached hydrogens (tertiary/aromatic N) is 3. The monoisotopic (exact) mass is 273 g/mol. The second-order valence-electron chi connectivity index (χ2n) is 5.75. The third kappa shape index (κ3) is 1.98. The van der Waals surface area contributed by atoms with Crippen LogP contribution in [0, 0.1) is 0 Å². The molecule has 2 saturated heterocycles. The highest BCUT2D eigenvalue weighted by Crippen LogP contribution is 2.27. The number of anilines is 1. The van der Waals surface area contributed by atoms with E-state index >= 15 is 0 Å². The Morgan fingerprint density at radius 3 is 2.75 bits per heavy atom. The summed E-state index contributed by atoms with van der Waals surface area (Å²) in [5, 5.41) is 10.3. The lowest BCUT2D eigenvalue weighted by molar-refractivity contribution is 0.0986. The molecule has 2 aliphatic heterocycles. The summed E-state index contributed by atoms with van der Waals surface area (Å²) in [4.78, 5) is 8.98. The Morgan fingerprint density at radius 2 is 1.95 bits per heavy atom. The fourth-order valence-electron chi connectivity index (χ4n) is 3.35. The molecule has 2 atom stereocenters. The van der Waals surface area contributed by atoms with E-state index in [1.54, 1.807) is 0 Å². The van der Waals surface area contributed by atoms with Crippen LogP contribution in [0.5, 0.6) is 0 Å². The Kier molecular flexibility index (Phi) is 2.89. The molecule has 0 unspecified atom stereocenters. The third-order valence-electron chi connectivity index (χ3n) is 4.42. The molecular weight excluding hydrogens is 254 g/mol. The van der Waals surface area contributed by atoms with E-state index in [-0.39, 0.29) is 12.1 Å². The van der Waals surface area contributed by atoms with Gasteiger partial charge in [0, 0.05) is 13.1 Å². The van der Waals surface area contributed by atoms with Gasteiger partial charge in [0.25, 0.3) is 6.01 Å². The number of likely N-dealkylation sites (tertiary alicyclic amines) is 1. The van der Waals surface area contributed by atoms with Gasteiger partial charge in [-0.15, -0.1) is 0 Å². The first kappa shape index (κ1) is 12.2. The summed E-state index contributed by atoms with van der Waals surface area (Å²) in [5.41, 5.74) is 1.68. The molecule has 2 aromatic rings. The number of β-amino-alcohol motifs (C(OH)–C–C–N with tert-alkyl or cyclic N) is 1. The summed E-state index contributed by atoms with van der Waals surface area (Å²) >= 11 is 0. The van der Waals surface area contributed by atoms with Gasteiger partial charge in [-0.25, -0.2) is 0 Å². The molecule has 0 radical (unpaired) electrons. The summed E-state index contributed by atoms with van der Waals surface area (Å²) in [6.45, 7) is 3.61. The molecule has 4 rings (SSSR count). The molecule has 1 aromatic carbocycles. The second kappa shape index (κ2) is 4.75. The van der Waals surface area contributed by atoms with Gasteiger partial charge >= 0.3 is 0 Å². The Hall–Kier alpha value is -1.59.